The number of H-pyrrole nitrogens is 1. The van der Waals surface area contributed by atoms with Crippen LogP contribution in [0.2, 0.25) is 0 Å². The molecule has 1 aromatic heterocycles. The van der Waals surface area contributed by atoms with Gasteiger partial charge < -0.3 is 5.11 Å². The molecule has 2 N–H and O–H groups in total. The van der Waals surface area contributed by atoms with Crippen molar-refractivity contribution >= 4 is 11.7 Å². The Morgan fingerprint density at radius 3 is 2.31 bits per heavy atom. The molecule has 8 heteroatoms. The minimum atomic E-state index is -1.07. The van der Waals surface area contributed by atoms with Crippen molar-refractivity contribution in [1.29, 1.82) is 0 Å². The first-order chi connectivity index (χ1) is 16.8. The molecule has 1 atom stereocenters. The molecule has 2 aliphatic carbocycles. The van der Waals surface area contributed by atoms with Crippen LogP contribution in [0.5, 0.6) is 0 Å². The van der Waals surface area contributed by atoms with E-state index in [9.17, 15) is 19.5 Å². The highest BCUT2D eigenvalue weighted by atomic mass is 16.4. The zero-order chi connectivity index (χ0) is 24.7. The Bertz CT molecular complexity index is 1450. The van der Waals surface area contributed by atoms with Crippen LogP contribution in [-0.4, -0.2) is 25.2 Å². The smallest absolute Gasteiger partial charge is 0.335 e. The van der Waals surface area contributed by atoms with E-state index in [0.29, 0.717) is 17.5 Å². The van der Waals surface area contributed by atoms with E-state index in [1.165, 1.54) is 48.3 Å². The Labute approximate surface area is 202 Å². The van der Waals surface area contributed by atoms with Gasteiger partial charge in [0, 0.05) is 6.54 Å². The monoisotopic (exact) mass is 474 g/mol. The van der Waals surface area contributed by atoms with Crippen LogP contribution in [0, 0.1) is 12.8 Å². The molecule has 182 valence electrons. The summed E-state index contributed by atoms with van der Waals surface area (Å²) in [5.41, 5.74) is 4.32. The number of nitrogens with zero attached hydrogens (tertiary/aromatic N) is 3. The fraction of sp³-hybridized carbons (Fsp3) is 0.407. The third kappa shape index (κ3) is 5.06. The van der Waals surface area contributed by atoms with Crippen molar-refractivity contribution in [2.75, 3.05) is 0 Å². The van der Waals surface area contributed by atoms with Gasteiger partial charge in [0.15, 0.2) is 0 Å². The van der Waals surface area contributed by atoms with Crippen LogP contribution in [-0.2, 0) is 17.9 Å². The number of carbonyl (C=O) groups is 1. The van der Waals surface area contributed by atoms with E-state index in [4.69, 9.17) is 4.99 Å². The number of carboxylic acids is 1. The van der Waals surface area contributed by atoms with E-state index < -0.39 is 23.3 Å². The Morgan fingerprint density at radius 2 is 1.69 bits per heavy atom. The first-order valence-corrected chi connectivity index (χ1v) is 12.2. The number of aliphatic carboxylic acids is 1. The van der Waals surface area contributed by atoms with Gasteiger partial charge in [-0.25, -0.2) is 19.1 Å². The lowest BCUT2D eigenvalue weighted by Gasteiger charge is -2.13. The molecule has 1 unspecified atom stereocenters. The Kier molecular flexibility index (Phi) is 6.05. The van der Waals surface area contributed by atoms with Gasteiger partial charge in [0.1, 0.15) is 0 Å². The number of aryl methyl sites for hydroxylation is 1. The third-order valence-corrected chi connectivity index (χ3v) is 6.86. The molecular formula is C27H30N4O4. The van der Waals surface area contributed by atoms with Gasteiger partial charge in [-0.2, -0.15) is 0 Å². The summed E-state index contributed by atoms with van der Waals surface area (Å²) in [6.45, 7) is 3.43. The summed E-state index contributed by atoms with van der Waals surface area (Å²) in [7, 11) is 0. The standard InChI is InChI=1S/C27H30N4O4/c1-16-3-5-18(6-4-16)15-30-25(29-26(34)31(27(30)35)14-17(2)24(32)33)28-21-11-12-22(19-7-8-19)23(13-21)20-9-10-20/h3-6,11-13,17,19-20H,7-10,14-15H2,1-2H3,(H,32,33)(H,28,29,34). The average molecular weight is 475 g/mol. The predicted molar refractivity (Wildman–Crippen MR) is 132 cm³/mol. The molecule has 2 aromatic carbocycles. The lowest BCUT2D eigenvalue weighted by Crippen LogP contribution is -2.51. The highest BCUT2D eigenvalue weighted by Gasteiger charge is 2.32. The van der Waals surface area contributed by atoms with Crippen LogP contribution in [0.15, 0.2) is 57.0 Å². The number of hydrogen-bond donors (Lipinski definition) is 2. The number of benzene rings is 2. The van der Waals surface area contributed by atoms with Crippen LogP contribution in [0.4, 0.5) is 5.69 Å². The largest absolute Gasteiger partial charge is 0.481 e. The van der Waals surface area contributed by atoms with Crippen LogP contribution in [0.25, 0.3) is 0 Å². The molecule has 1 heterocycles. The van der Waals surface area contributed by atoms with Gasteiger partial charge in [-0.05, 0) is 73.3 Å². The van der Waals surface area contributed by atoms with Crippen molar-refractivity contribution in [2.45, 2.75) is 64.5 Å². The first kappa shape index (κ1) is 23.1. The highest BCUT2D eigenvalue weighted by Crippen LogP contribution is 2.49. The van der Waals surface area contributed by atoms with Gasteiger partial charge in [-0.1, -0.05) is 42.8 Å². The lowest BCUT2D eigenvalue weighted by molar-refractivity contribution is -0.141. The summed E-state index contributed by atoms with van der Waals surface area (Å²) in [5, 5.41) is 9.29. The predicted octanol–water partition coefficient (Wildman–Crippen LogP) is 3.40. The molecule has 0 radical (unpaired) electrons. The zero-order valence-corrected chi connectivity index (χ0v) is 20.0. The molecule has 0 aliphatic heterocycles. The molecule has 8 nitrogen and oxygen atoms in total. The van der Waals surface area contributed by atoms with Crippen molar-refractivity contribution < 1.29 is 9.90 Å². The highest BCUT2D eigenvalue weighted by molar-refractivity contribution is 5.69. The van der Waals surface area contributed by atoms with Crippen molar-refractivity contribution in [2.24, 2.45) is 10.9 Å². The van der Waals surface area contributed by atoms with Gasteiger partial charge >= 0.3 is 17.3 Å². The van der Waals surface area contributed by atoms with E-state index >= 15 is 0 Å². The number of rotatable bonds is 8. The second-order valence-corrected chi connectivity index (χ2v) is 9.93. The van der Waals surface area contributed by atoms with E-state index in [1.54, 1.807) is 0 Å². The summed E-state index contributed by atoms with van der Waals surface area (Å²) in [5.74, 6) is -0.741. The number of carboxylic acid groups (broad SMARTS) is 1. The van der Waals surface area contributed by atoms with Crippen LogP contribution < -0.4 is 17.0 Å². The fourth-order valence-corrected chi connectivity index (χ4v) is 4.44. The molecule has 2 saturated carbocycles. The zero-order valence-electron chi connectivity index (χ0n) is 20.0. The lowest BCUT2D eigenvalue weighted by atomic mass is 9.99. The van der Waals surface area contributed by atoms with Crippen LogP contribution in [0.1, 0.15) is 66.7 Å². The first-order valence-electron chi connectivity index (χ1n) is 12.2. The van der Waals surface area contributed by atoms with Gasteiger partial charge in [0.05, 0.1) is 18.2 Å². The second-order valence-electron chi connectivity index (χ2n) is 9.93. The van der Waals surface area contributed by atoms with Gasteiger partial charge in [0.25, 0.3) is 0 Å². The van der Waals surface area contributed by atoms with Gasteiger partial charge in [0.2, 0.25) is 5.62 Å². The van der Waals surface area contributed by atoms with Crippen LogP contribution in [0.3, 0.4) is 0 Å². The quantitative estimate of drug-likeness (QED) is 0.521. The Morgan fingerprint density at radius 1 is 1.03 bits per heavy atom. The van der Waals surface area contributed by atoms with Crippen LogP contribution >= 0.6 is 0 Å². The SMILES string of the molecule is Cc1ccc(Cn2c(=O)n(CC(C)C(=O)O)c(=O)[nH]/c2=N\c2ccc(C3CC3)c(C3CC3)c2)cc1. The topological polar surface area (TPSA) is 109 Å². The Hall–Kier alpha value is -3.68. The fourth-order valence-electron chi connectivity index (χ4n) is 4.44. The molecule has 0 saturated heterocycles. The van der Waals surface area contributed by atoms with E-state index in [-0.39, 0.29) is 18.7 Å². The van der Waals surface area contributed by atoms with Crippen molar-refractivity contribution in [3.8, 4) is 0 Å². The number of hydrogen-bond acceptors (Lipinski definition) is 4. The van der Waals surface area contributed by atoms with E-state index in [0.717, 1.165) is 15.7 Å². The minimum Gasteiger partial charge on any atom is -0.481 e. The maximum atomic E-state index is 13.4. The molecule has 5 rings (SSSR count). The summed E-state index contributed by atoms with van der Waals surface area (Å²) >= 11 is 0. The van der Waals surface area contributed by atoms with E-state index in [2.05, 4.69) is 17.1 Å². The maximum Gasteiger partial charge on any atom is 0.335 e. The molecule has 35 heavy (non-hydrogen) atoms. The molecule has 2 fully saturated rings. The summed E-state index contributed by atoms with van der Waals surface area (Å²) < 4.78 is 2.35. The van der Waals surface area contributed by atoms with Crippen molar-refractivity contribution in [3.63, 3.8) is 0 Å². The third-order valence-electron chi connectivity index (χ3n) is 6.86. The average Bonchev–Trinajstić information content (AvgIpc) is 3.73. The second kappa shape index (κ2) is 9.17. The minimum absolute atomic E-state index is 0.153. The summed E-state index contributed by atoms with van der Waals surface area (Å²) in [6.07, 6.45) is 4.83. The Balaban J connectivity index is 1.63. The normalized spacial score (nSPS) is 16.9. The maximum absolute atomic E-state index is 13.4. The summed E-state index contributed by atoms with van der Waals surface area (Å²) in [4.78, 5) is 45.1. The number of nitrogens with one attached hydrogen (secondary N) is 1. The van der Waals surface area contributed by atoms with Gasteiger partial charge in [-0.3, -0.25) is 14.3 Å². The summed E-state index contributed by atoms with van der Waals surface area (Å²) in [6, 6.07) is 14.0. The molecule has 0 spiro atoms. The number of aromatic nitrogens is 3. The number of aromatic amines is 1. The molecule has 3 aromatic rings. The molecule has 0 bridgehead atoms. The molecule has 2 aliphatic rings. The van der Waals surface area contributed by atoms with Crippen molar-refractivity contribution in [1.82, 2.24) is 14.1 Å². The molecular weight excluding hydrogens is 444 g/mol. The van der Waals surface area contributed by atoms with E-state index in [1.807, 2.05) is 37.3 Å². The van der Waals surface area contributed by atoms with Crippen molar-refractivity contribution in [3.05, 3.63) is 91.3 Å². The molecule has 0 amide bonds. The van der Waals surface area contributed by atoms with Gasteiger partial charge in [-0.15, -0.1) is 0 Å².